The van der Waals surface area contributed by atoms with E-state index >= 15 is 0 Å². The monoisotopic (exact) mass is 299 g/mol. The molecule has 1 aromatic heterocycles. The number of amides is 1. The first-order chi connectivity index (χ1) is 9.63. The number of nitrogens with zero attached hydrogens (tertiary/aromatic N) is 3. The van der Waals surface area contributed by atoms with Crippen molar-refractivity contribution < 1.29 is 9.53 Å². The van der Waals surface area contributed by atoms with E-state index in [0.717, 1.165) is 6.42 Å². The maximum absolute atomic E-state index is 12.2. The first kappa shape index (κ1) is 14.8. The second-order valence-electron chi connectivity index (χ2n) is 4.49. The van der Waals surface area contributed by atoms with Crippen LogP contribution in [0.1, 0.15) is 13.3 Å². The number of anilines is 2. The van der Waals surface area contributed by atoms with Crippen LogP contribution in [0.3, 0.4) is 0 Å². The first-order valence-corrected chi connectivity index (χ1v) is 6.91. The molecule has 1 amide bonds. The second-order valence-corrected chi connectivity index (χ2v) is 4.83. The molecule has 1 fully saturated rings. The lowest BCUT2D eigenvalue weighted by Crippen LogP contribution is -2.54. The summed E-state index contributed by atoms with van der Waals surface area (Å²) >= 11 is 5.81. The van der Waals surface area contributed by atoms with E-state index in [0.29, 0.717) is 37.8 Å². The van der Waals surface area contributed by atoms with E-state index in [1.54, 1.807) is 0 Å². The molecule has 0 bridgehead atoms. The summed E-state index contributed by atoms with van der Waals surface area (Å²) in [4.78, 5) is 22.0. The van der Waals surface area contributed by atoms with Crippen molar-refractivity contribution >= 4 is 29.0 Å². The average Bonchev–Trinajstić information content (AvgIpc) is 2.47. The van der Waals surface area contributed by atoms with Crippen LogP contribution >= 0.6 is 11.6 Å². The summed E-state index contributed by atoms with van der Waals surface area (Å²) < 4.78 is 5.39. The van der Waals surface area contributed by atoms with E-state index in [-0.39, 0.29) is 11.2 Å². The Morgan fingerprint density at radius 3 is 3.25 bits per heavy atom. The molecule has 8 heteroatoms. The Labute approximate surface area is 122 Å². The van der Waals surface area contributed by atoms with Gasteiger partial charge in [-0.25, -0.2) is 4.98 Å². The lowest BCUT2D eigenvalue weighted by atomic mass is 10.2. The number of aromatic nitrogens is 2. The number of nitrogens with one attached hydrogen (secondary N) is 1. The second kappa shape index (κ2) is 6.71. The molecule has 1 atom stereocenters. The lowest BCUT2D eigenvalue weighted by Gasteiger charge is -2.35. The largest absolute Gasteiger partial charge is 0.394 e. The predicted octanol–water partition coefficient (Wildman–Crippen LogP) is 0.444. The van der Waals surface area contributed by atoms with Crippen LogP contribution in [0.25, 0.3) is 0 Å². The molecule has 1 aliphatic rings. The third-order valence-electron chi connectivity index (χ3n) is 3.02. The number of nitrogen functional groups attached to an aromatic ring is 1. The summed E-state index contributed by atoms with van der Waals surface area (Å²) in [5.41, 5.74) is 6.28. The smallest absolute Gasteiger partial charge is 0.245 e. The standard InChI is InChI=1S/C12H18ClN5O2/c1-2-3-15-11(19)9-7-20-5-4-18(9)10-8(14)6-16-12(13)17-10/h6,9H,2-5,7,14H2,1H3,(H,15,19). The van der Waals surface area contributed by atoms with Crippen molar-refractivity contribution in [2.45, 2.75) is 19.4 Å². The summed E-state index contributed by atoms with van der Waals surface area (Å²) in [5, 5.41) is 2.96. The zero-order valence-electron chi connectivity index (χ0n) is 11.3. The number of hydrogen-bond acceptors (Lipinski definition) is 6. The van der Waals surface area contributed by atoms with Gasteiger partial charge in [-0.2, -0.15) is 4.98 Å². The number of carbonyl (C=O) groups excluding carboxylic acids is 1. The molecule has 3 N–H and O–H groups in total. The number of rotatable bonds is 4. The SMILES string of the molecule is CCCNC(=O)C1COCCN1c1nc(Cl)ncc1N. The molecular weight excluding hydrogens is 282 g/mol. The van der Waals surface area contributed by atoms with Gasteiger partial charge < -0.3 is 20.7 Å². The minimum Gasteiger partial charge on any atom is -0.394 e. The normalized spacial score (nSPS) is 18.9. The van der Waals surface area contributed by atoms with E-state index in [9.17, 15) is 4.79 Å². The molecule has 1 unspecified atom stereocenters. The van der Waals surface area contributed by atoms with Crippen molar-refractivity contribution in [3.63, 3.8) is 0 Å². The van der Waals surface area contributed by atoms with Crippen LogP contribution in [0.4, 0.5) is 11.5 Å². The number of halogens is 1. The Bertz CT molecular complexity index is 485. The predicted molar refractivity (Wildman–Crippen MR) is 76.7 cm³/mol. The van der Waals surface area contributed by atoms with E-state index in [1.165, 1.54) is 6.20 Å². The highest BCUT2D eigenvalue weighted by atomic mass is 35.5. The van der Waals surface area contributed by atoms with Gasteiger partial charge in [0.2, 0.25) is 11.2 Å². The van der Waals surface area contributed by atoms with Crippen molar-refractivity contribution in [1.29, 1.82) is 0 Å². The molecule has 0 radical (unpaired) electrons. The molecule has 0 saturated carbocycles. The molecule has 0 aliphatic carbocycles. The van der Waals surface area contributed by atoms with Crippen molar-refractivity contribution in [3.05, 3.63) is 11.5 Å². The van der Waals surface area contributed by atoms with Gasteiger partial charge in [0.25, 0.3) is 0 Å². The van der Waals surface area contributed by atoms with Crippen LogP contribution in [0, 0.1) is 0 Å². The van der Waals surface area contributed by atoms with Gasteiger partial charge in [-0.05, 0) is 18.0 Å². The topological polar surface area (TPSA) is 93.4 Å². The van der Waals surface area contributed by atoms with Gasteiger partial charge in [-0.1, -0.05) is 6.92 Å². The van der Waals surface area contributed by atoms with Crippen molar-refractivity contribution in [3.8, 4) is 0 Å². The minimum absolute atomic E-state index is 0.0966. The quantitative estimate of drug-likeness (QED) is 0.784. The van der Waals surface area contributed by atoms with E-state index in [1.807, 2.05) is 11.8 Å². The van der Waals surface area contributed by atoms with E-state index in [4.69, 9.17) is 22.1 Å². The van der Waals surface area contributed by atoms with Gasteiger partial charge in [0.15, 0.2) is 5.82 Å². The number of ether oxygens (including phenoxy) is 1. The van der Waals surface area contributed by atoms with Gasteiger partial charge in [-0.15, -0.1) is 0 Å². The van der Waals surface area contributed by atoms with E-state index < -0.39 is 6.04 Å². The third-order valence-corrected chi connectivity index (χ3v) is 3.20. The first-order valence-electron chi connectivity index (χ1n) is 6.53. The Morgan fingerprint density at radius 1 is 1.70 bits per heavy atom. The summed E-state index contributed by atoms with van der Waals surface area (Å²) in [7, 11) is 0. The van der Waals surface area contributed by atoms with Crippen LogP contribution in [0.2, 0.25) is 5.28 Å². The van der Waals surface area contributed by atoms with Gasteiger partial charge in [0.1, 0.15) is 6.04 Å². The molecule has 1 aliphatic heterocycles. The van der Waals surface area contributed by atoms with Gasteiger partial charge in [0.05, 0.1) is 25.1 Å². The van der Waals surface area contributed by atoms with Crippen molar-refractivity contribution in [1.82, 2.24) is 15.3 Å². The van der Waals surface area contributed by atoms with E-state index in [2.05, 4.69) is 15.3 Å². The Kier molecular flexibility index (Phi) is 4.97. The number of morpholine rings is 1. The minimum atomic E-state index is -0.455. The summed E-state index contributed by atoms with van der Waals surface area (Å²) in [5.74, 6) is 0.380. The van der Waals surface area contributed by atoms with Crippen LogP contribution < -0.4 is 16.0 Å². The Hall–Kier alpha value is -1.60. The number of nitrogens with two attached hydrogens (primary N) is 1. The summed E-state index contributed by atoms with van der Waals surface area (Å²) in [6.45, 7) is 3.97. The maximum Gasteiger partial charge on any atom is 0.245 e. The highest BCUT2D eigenvalue weighted by molar-refractivity contribution is 6.28. The highest BCUT2D eigenvalue weighted by Gasteiger charge is 2.31. The van der Waals surface area contributed by atoms with Gasteiger partial charge >= 0.3 is 0 Å². The molecule has 20 heavy (non-hydrogen) atoms. The fourth-order valence-corrected chi connectivity index (χ4v) is 2.16. The molecule has 2 heterocycles. The molecular formula is C12H18ClN5O2. The molecule has 0 aromatic carbocycles. The van der Waals surface area contributed by atoms with Crippen LogP contribution in [0.15, 0.2) is 6.20 Å². The zero-order valence-corrected chi connectivity index (χ0v) is 12.1. The fourth-order valence-electron chi connectivity index (χ4n) is 2.03. The van der Waals surface area contributed by atoms with Crippen molar-refractivity contribution in [2.75, 3.05) is 36.9 Å². The van der Waals surface area contributed by atoms with Crippen LogP contribution in [-0.2, 0) is 9.53 Å². The average molecular weight is 300 g/mol. The zero-order chi connectivity index (χ0) is 14.5. The van der Waals surface area contributed by atoms with Crippen LogP contribution in [0.5, 0.6) is 0 Å². The third kappa shape index (κ3) is 3.29. The van der Waals surface area contributed by atoms with Gasteiger partial charge in [0, 0.05) is 13.1 Å². The number of hydrogen-bond donors (Lipinski definition) is 2. The Balaban J connectivity index is 2.22. The summed E-state index contributed by atoms with van der Waals surface area (Å²) in [6, 6.07) is -0.455. The summed E-state index contributed by atoms with van der Waals surface area (Å²) in [6.07, 6.45) is 2.32. The molecule has 2 rings (SSSR count). The maximum atomic E-state index is 12.2. The highest BCUT2D eigenvalue weighted by Crippen LogP contribution is 2.24. The number of carbonyl (C=O) groups is 1. The molecule has 1 saturated heterocycles. The lowest BCUT2D eigenvalue weighted by molar-refractivity contribution is -0.124. The van der Waals surface area contributed by atoms with Gasteiger partial charge in [-0.3, -0.25) is 4.79 Å². The van der Waals surface area contributed by atoms with Crippen molar-refractivity contribution in [2.24, 2.45) is 0 Å². The molecule has 110 valence electrons. The molecule has 1 aromatic rings. The molecule has 0 spiro atoms. The fraction of sp³-hybridized carbons (Fsp3) is 0.583. The van der Waals surface area contributed by atoms with Crippen LogP contribution in [-0.4, -0.2) is 48.2 Å². The Morgan fingerprint density at radius 2 is 2.50 bits per heavy atom. The molecule has 7 nitrogen and oxygen atoms in total.